The van der Waals surface area contributed by atoms with E-state index in [4.69, 9.17) is 4.74 Å². The third-order valence-electron chi connectivity index (χ3n) is 4.86. The van der Waals surface area contributed by atoms with Crippen molar-refractivity contribution < 1.29 is 9.53 Å². The second kappa shape index (κ2) is 10.8. The maximum Gasteiger partial charge on any atom is 0.409 e. The Kier molecular flexibility index (Phi) is 8.39. The lowest BCUT2D eigenvalue weighted by Crippen LogP contribution is -2.55. The van der Waals surface area contributed by atoms with E-state index in [9.17, 15) is 4.79 Å². The van der Waals surface area contributed by atoms with Crippen LogP contribution in [0.2, 0.25) is 0 Å². The highest BCUT2D eigenvalue weighted by atomic mass is 16.6. The number of benzene rings is 1. The molecule has 1 unspecified atom stereocenters. The lowest BCUT2D eigenvalue weighted by atomic mass is 10.1. The van der Waals surface area contributed by atoms with Crippen LogP contribution in [0.25, 0.3) is 0 Å². The first kappa shape index (κ1) is 21.0. The fourth-order valence-corrected chi connectivity index (χ4v) is 3.18. The van der Waals surface area contributed by atoms with Crippen LogP contribution in [0.5, 0.6) is 0 Å². The van der Waals surface area contributed by atoms with Crippen LogP contribution in [0.15, 0.2) is 35.3 Å². The van der Waals surface area contributed by atoms with Crippen molar-refractivity contribution in [1.82, 2.24) is 20.0 Å². The van der Waals surface area contributed by atoms with Crippen LogP contribution in [-0.2, 0) is 11.2 Å². The van der Waals surface area contributed by atoms with Crippen LogP contribution in [0.4, 0.5) is 4.79 Å². The molecular weight excluding hydrogens is 342 g/mol. The quantitative estimate of drug-likeness (QED) is 0.603. The Hall–Kier alpha value is -2.28. The van der Waals surface area contributed by atoms with E-state index in [1.807, 2.05) is 20.0 Å². The van der Waals surface area contributed by atoms with Gasteiger partial charge in [-0.15, -0.1) is 0 Å². The number of nitrogens with zero attached hydrogens (tertiary/aromatic N) is 4. The standard InChI is InChI=1S/C20H33N5O2/c1-5-27-20(26)25-13-11-24(12-14-25)19(21-2)22-16-18(23(3)4)15-17-9-7-6-8-10-17/h6-10,18H,5,11-16H2,1-4H3,(H,21,22). The van der Waals surface area contributed by atoms with E-state index in [0.717, 1.165) is 32.0 Å². The molecule has 1 amide bonds. The van der Waals surface area contributed by atoms with Crippen molar-refractivity contribution in [2.24, 2.45) is 4.99 Å². The topological polar surface area (TPSA) is 60.4 Å². The van der Waals surface area contributed by atoms with Gasteiger partial charge in [0.25, 0.3) is 0 Å². The van der Waals surface area contributed by atoms with Crippen LogP contribution in [0.1, 0.15) is 12.5 Å². The molecule has 0 spiro atoms. The van der Waals surface area contributed by atoms with Gasteiger partial charge in [0.05, 0.1) is 6.61 Å². The molecule has 150 valence electrons. The van der Waals surface area contributed by atoms with Crippen molar-refractivity contribution in [3.05, 3.63) is 35.9 Å². The number of carbonyl (C=O) groups excluding carboxylic acids is 1. The molecule has 2 rings (SSSR count). The molecular formula is C20H33N5O2. The Balaban J connectivity index is 1.86. The number of aliphatic imine (C=N–C) groups is 1. The minimum atomic E-state index is -0.226. The first-order valence-corrected chi connectivity index (χ1v) is 9.62. The number of amides is 1. The van der Waals surface area contributed by atoms with Gasteiger partial charge in [-0.3, -0.25) is 4.99 Å². The van der Waals surface area contributed by atoms with E-state index in [2.05, 4.69) is 58.5 Å². The maximum atomic E-state index is 11.8. The summed E-state index contributed by atoms with van der Waals surface area (Å²) in [6.07, 6.45) is 0.754. The first-order valence-electron chi connectivity index (χ1n) is 9.62. The highest BCUT2D eigenvalue weighted by Crippen LogP contribution is 2.08. The van der Waals surface area contributed by atoms with E-state index >= 15 is 0 Å². The summed E-state index contributed by atoms with van der Waals surface area (Å²) in [5, 5.41) is 3.51. The molecule has 1 N–H and O–H groups in total. The summed E-state index contributed by atoms with van der Waals surface area (Å²) >= 11 is 0. The fraction of sp³-hybridized carbons (Fsp3) is 0.600. The van der Waals surface area contributed by atoms with Gasteiger partial charge in [-0.05, 0) is 33.0 Å². The molecule has 7 nitrogen and oxygen atoms in total. The minimum Gasteiger partial charge on any atom is -0.450 e. The fourth-order valence-electron chi connectivity index (χ4n) is 3.18. The van der Waals surface area contributed by atoms with Crippen molar-refractivity contribution in [2.75, 3.05) is 60.5 Å². The number of piperazine rings is 1. The van der Waals surface area contributed by atoms with E-state index in [-0.39, 0.29) is 6.09 Å². The van der Waals surface area contributed by atoms with Gasteiger partial charge in [-0.25, -0.2) is 4.79 Å². The molecule has 1 heterocycles. The summed E-state index contributed by atoms with van der Waals surface area (Å²) in [4.78, 5) is 22.5. The van der Waals surface area contributed by atoms with Gasteiger partial charge in [-0.1, -0.05) is 30.3 Å². The first-order chi connectivity index (χ1) is 13.0. The molecule has 1 aliphatic rings. The summed E-state index contributed by atoms with van der Waals surface area (Å²) in [7, 11) is 6.02. The number of hydrogen-bond donors (Lipinski definition) is 1. The zero-order valence-corrected chi connectivity index (χ0v) is 17.0. The lowest BCUT2D eigenvalue weighted by Gasteiger charge is -2.36. The van der Waals surface area contributed by atoms with Gasteiger partial charge < -0.3 is 24.8 Å². The van der Waals surface area contributed by atoms with Gasteiger partial charge in [0, 0.05) is 45.8 Å². The molecule has 0 saturated carbocycles. The molecule has 0 bridgehead atoms. The van der Waals surface area contributed by atoms with Crippen LogP contribution in [0.3, 0.4) is 0 Å². The third kappa shape index (κ3) is 6.43. The zero-order valence-electron chi connectivity index (χ0n) is 17.0. The Labute approximate surface area is 163 Å². The summed E-state index contributed by atoms with van der Waals surface area (Å²) in [6.45, 7) is 5.87. The molecule has 7 heteroatoms. The van der Waals surface area contributed by atoms with Crippen molar-refractivity contribution >= 4 is 12.1 Å². The number of ether oxygens (including phenoxy) is 1. The van der Waals surface area contributed by atoms with Gasteiger partial charge in [0.2, 0.25) is 0 Å². The highest BCUT2D eigenvalue weighted by molar-refractivity contribution is 5.80. The number of likely N-dealkylation sites (N-methyl/N-ethyl adjacent to an activating group) is 1. The second-order valence-electron chi connectivity index (χ2n) is 6.91. The molecule has 1 aromatic carbocycles. The monoisotopic (exact) mass is 375 g/mol. The predicted octanol–water partition coefficient (Wildman–Crippen LogP) is 1.51. The molecule has 0 radical (unpaired) electrons. The molecule has 27 heavy (non-hydrogen) atoms. The minimum absolute atomic E-state index is 0.226. The van der Waals surface area contributed by atoms with E-state index in [1.165, 1.54) is 5.56 Å². The normalized spacial score (nSPS) is 16.4. The average molecular weight is 376 g/mol. The lowest BCUT2D eigenvalue weighted by molar-refractivity contribution is 0.0914. The molecule has 1 fully saturated rings. The molecule has 1 aromatic rings. The van der Waals surface area contributed by atoms with E-state index in [0.29, 0.717) is 25.7 Å². The summed E-state index contributed by atoms with van der Waals surface area (Å²) in [5.41, 5.74) is 1.33. The van der Waals surface area contributed by atoms with E-state index in [1.54, 1.807) is 4.90 Å². The smallest absolute Gasteiger partial charge is 0.409 e. The molecule has 1 aliphatic heterocycles. The zero-order chi connectivity index (χ0) is 19.6. The third-order valence-corrected chi connectivity index (χ3v) is 4.86. The average Bonchev–Trinajstić information content (AvgIpc) is 2.68. The predicted molar refractivity (Wildman–Crippen MR) is 109 cm³/mol. The summed E-state index contributed by atoms with van der Waals surface area (Å²) < 4.78 is 5.08. The Morgan fingerprint density at radius 1 is 1.19 bits per heavy atom. The van der Waals surface area contributed by atoms with Crippen molar-refractivity contribution in [1.29, 1.82) is 0 Å². The van der Waals surface area contributed by atoms with Gasteiger partial charge in [-0.2, -0.15) is 0 Å². The number of nitrogens with one attached hydrogen (secondary N) is 1. The van der Waals surface area contributed by atoms with Gasteiger partial charge in [0.1, 0.15) is 0 Å². The summed E-state index contributed by atoms with van der Waals surface area (Å²) in [5.74, 6) is 0.887. The van der Waals surface area contributed by atoms with Crippen LogP contribution in [0, 0.1) is 0 Å². The van der Waals surface area contributed by atoms with Crippen molar-refractivity contribution in [2.45, 2.75) is 19.4 Å². The SMILES string of the molecule is CCOC(=O)N1CCN(C(=NC)NCC(Cc2ccccc2)N(C)C)CC1. The number of carbonyl (C=O) groups is 1. The highest BCUT2D eigenvalue weighted by Gasteiger charge is 2.24. The summed E-state index contributed by atoms with van der Waals surface area (Å²) in [6, 6.07) is 10.9. The largest absolute Gasteiger partial charge is 0.450 e. The van der Waals surface area contributed by atoms with Crippen LogP contribution in [-0.4, -0.2) is 93.3 Å². The van der Waals surface area contributed by atoms with Gasteiger partial charge >= 0.3 is 6.09 Å². The Morgan fingerprint density at radius 3 is 2.37 bits per heavy atom. The number of hydrogen-bond acceptors (Lipinski definition) is 4. The van der Waals surface area contributed by atoms with Crippen molar-refractivity contribution in [3.63, 3.8) is 0 Å². The van der Waals surface area contributed by atoms with Crippen LogP contribution < -0.4 is 5.32 Å². The van der Waals surface area contributed by atoms with E-state index < -0.39 is 0 Å². The molecule has 0 aliphatic carbocycles. The van der Waals surface area contributed by atoms with Crippen molar-refractivity contribution in [3.8, 4) is 0 Å². The second-order valence-corrected chi connectivity index (χ2v) is 6.91. The van der Waals surface area contributed by atoms with Crippen LogP contribution >= 0.6 is 0 Å². The molecule has 0 aromatic heterocycles. The Morgan fingerprint density at radius 2 is 1.81 bits per heavy atom. The Bertz CT molecular complexity index is 598. The molecule has 1 saturated heterocycles. The number of rotatable bonds is 6. The maximum absolute atomic E-state index is 11.8. The number of guanidine groups is 1. The van der Waals surface area contributed by atoms with Gasteiger partial charge in [0.15, 0.2) is 5.96 Å². The molecule has 1 atom stereocenters.